The molecular formula is C21H12Cl4O4. The second-order valence-electron chi connectivity index (χ2n) is 6.04. The van der Waals surface area contributed by atoms with Crippen molar-refractivity contribution in [2.75, 3.05) is 6.61 Å². The monoisotopic (exact) mass is 468 g/mol. The molecule has 4 nitrogen and oxygen atoms in total. The van der Waals surface area contributed by atoms with E-state index in [4.69, 9.17) is 51.1 Å². The predicted octanol–water partition coefficient (Wildman–Crippen LogP) is 5.47. The number of carbonyl (C=O) groups excluding carboxylic acids is 3. The van der Waals surface area contributed by atoms with Gasteiger partial charge in [-0.05, 0) is 0 Å². The lowest BCUT2D eigenvalue weighted by atomic mass is 9.87. The highest BCUT2D eigenvalue weighted by molar-refractivity contribution is 6.62. The molecule has 0 aromatic heterocycles. The van der Waals surface area contributed by atoms with Crippen molar-refractivity contribution in [2.45, 2.75) is 5.60 Å². The van der Waals surface area contributed by atoms with Gasteiger partial charge in [-0.3, -0.25) is 14.4 Å². The minimum atomic E-state index is -2.21. The Kier molecular flexibility index (Phi) is 6.62. The van der Waals surface area contributed by atoms with Crippen molar-refractivity contribution in [2.24, 2.45) is 0 Å². The summed E-state index contributed by atoms with van der Waals surface area (Å²) in [6.45, 7) is -0.558. The second kappa shape index (κ2) is 8.82. The van der Waals surface area contributed by atoms with E-state index in [1.54, 1.807) is 48.5 Å². The SMILES string of the molecule is O=C1C(Cl)=C(Cl)C(OCC(=O)c2ccccc2)(C(=O)c2ccccc2)C(Cl)=C1Cl. The number of hydrogen-bond donors (Lipinski definition) is 0. The molecule has 1 aliphatic rings. The molecule has 0 heterocycles. The van der Waals surface area contributed by atoms with E-state index in [-0.39, 0.29) is 5.56 Å². The third-order valence-corrected chi connectivity index (χ3v) is 6.10. The van der Waals surface area contributed by atoms with Crippen LogP contribution in [0.5, 0.6) is 0 Å². The maximum Gasteiger partial charge on any atom is 0.218 e. The molecule has 1 aliphatic carbocycles. The molecule has 0 fully saturated rings. The normalized spacial score (nSPS) is 16.2. The fourth-order valence-corrected chi connectivity index (χ4v) is 3.96. The van der Waals surface area contributed by atoms with Gasteiger partial charge < -0.3 is 4.74 Å². The summed E-state index contributed by atoms with van der Waals surface area (Å²) in [6, 6.07) is 16.3. The van der Waals surface area contributed by atoms with Crippen LogP contribution >= 0.6 is 46.4 Å². The van der Waals surface area contributed by atoms with E-state index < -0.39 is 49.7 Å². The number of carbonyl (C=O) groups is 3. The summed E-state index contributed by atoms with van der Waals surface area (Å²) < 4.78 is 5.72. The van der Waals surface area contributed by atoms with Crippen LogP contribution in [0.3, 0.4) is 0 Å². The Hall–Kier alpha value is -1.95. The molecule has 0 saturated carbocycles. The van der Waals surface area contributed by atoms with Crippen molar-refractivity contribution in [3.05, 3.63) is 91.9 Å². The van der Waals surface area contributed by atoms with E-state index in [1.807, 2.05) is 0 Å². The first kappa shape index (κ1) is 21.8. The maximum absolute atomic E-state index is 13.4. The Bertz CT molecular complexity index is 1010. The zero-order valence-electron chi connectivity index (χ0n) is 14.6. The first-order chi connectivity index (χ1) is 13.8. The second-order valence-corrected chi connectivity index (χ2v) is 7.55. The van der Waals surface area contributed by atoms with Gasteiger partial charge in [0.25, 0.3) is 0 Å². The van der Waals surface area contributed by atoms with Gasteiger partial charge in [0.15, 0.2) is 5.78 Å². The largest absolute Gasteiger partial charge is 0.347 e. The molecule has 0 unspecified atom stereocenters. The smallest absolute Gasteiger partial charge is 0.218 e. The molecule has 29 heavy (non-hydrogen) atoms. The predicted molar refractivity (Wildman–Crippen MR) is 113 cm³/mol. The van der Waals surface area contributed by atoms with Crippen molar-refractivity contribution in [1.82, 2.24) is 0 Å². The zero-order chi connectivity index (χ0) is 21.2. The standard InChI is InChI=1S/C21H12Cl4O4/c22-15-17(27)16(23)19(25)21(18(15)24,20(28)13-9-5-2-6-10-13)29-11-14(26)12-7-3-1-4-8-12/h1-10H,11H2. The van der Waals surface area contributed by atoms with Gasteiger partial charge in [0, 0.05) is 11.1 Å². The first-order valence-electron chi connectivity index (χ1n) is 8.29. The van der Waals surface area contributed by atoms with Crippen LogP contribution < -0.4 is 0 Å². The third kappa shape index (κ3) is 3.91. The number of benzene rings is 2. The number of halogens is 4. The van der Waals surface area contributed by atoms with E-state index >= 15 is 0 Å². The number of ketones is 3. The summed E-state index contributed by atoms with van der Waals surface area (Å²) in [5.74, 6) is -1.97. The number of rotatable bonds is 6. The maximum atomic E-state index is 13.4. The number of ether oxygens (including phenoxy) is 1. The Morgan fingerprint density at radius 3 is 1.69 bits per heavy atom. The van der Waals surface area contributed by atoms with Crippen LogP contribution in [0, 0.1) is 0 Å². The van der Waals surface area contributed by atoms with E-state index in [1.165, 1.54) is 12.1 Å². The van der Waals surface area contributed by atoms with Crippen molar-refractivity contribution in [3.8, 4) is 0 Å². The van der Waals surface area contributed by atoms with Gasteiger partial charge in [0.05, 0.1) is 10.1 Å². The molecule has 0 spiro atoms. The van der Waals surface area contributed by atoms with Crippen LogP contribution in [-0.2, 0) is 9.53 Å². The molecular weight excluding hydrogens is 458 g/mol. The van der Waals surface area contributed by atoms with Gasteiger partial charge in [0.1, 0.15) is 16.7 Å². The zero-order valence-corrected chi connectivity index (χ0v) is 17.6. The van der Waals surface area contributed by atoms with Crippen LogP contribution in [0.4, 0.5) is 0 Å². The minimum absolute atomic E-state index is 0.180. The molecule has 0 aliphatic heterocycles. The van der Waals surface area contributed by atoms with E-state index in [0.717, 1.165) is 0 Å². The van der Waals surface area contributed by atoms with E-state index in [2.05, 4.69) is 0 Å². The Morgan fingerprint density at radius 2 is 1.21 bits per heavy atom. The minimum Gasteiger partial charge on any atom is -0.347 e. The van der Waals surface area contributed by atoms with Crippen molar-refractivity contribution in [3.63, 3.8) is 0 Å². The van der Waals surface area contributed by atoms with Gasteiger partial charge >= 0.3 is 0 Å². The average Bonchev–Trinajstić information content (AvgIpc) is 2.77. The average molecular weight is 470 g/mol. The van der Waals surface area contributed by atoms with Gasteiger partial charge in [0.2, 0.25) is 17.2 Å². The number of allylic oxidation sites excluding steroid dienone is 2. The Balaban J connectivity index is 2.09. The van der Waals surface area contributed by atoms with Crippen LogP contribution in [0.25, 0.3) is 0 Å². The molecule has 148 valence electrons. The molecule has 3 rings (SSSR count). The number of hydrogen-bond acceptors (Lipinski definition) is 4. The molecule has 0 atom stereocenters. The summed E-state index contributed by atoms with van der Waals surface area (Å²) in [5.41, 5.74) is -1.67. The molecule has 2 aromatic carbocycles. The molecule has 8 heteroatoms. The molecule has 0 saturated heterocycles. The summed E-state index contributed by atoms with van der Waals surface area (Å²) in [7, 11) is 0. The lowest BCUT2D eigenvalue weighted by Crippen LogP contribution is -2.47. The van der Waals surface area contributed by atoms with Crippen LogP contribution in [0.15, 0.2) is 80.8 Å². The van der Waals surface area contributed by atoms with Crippen molar-refractivity contribution < 1.29 is 19.1 Å². The molecule has 0 bridgehead atoms. The molecule has 0 radical (unpaired) electrons. The summed E-state index contributed by atoms with van der Waals surface area (Å²) in [6.07, 6.45) is 0. The Morgan fingerprint density at radius 1 is 0.759 bits per heavy atom. The number of Topliss-reactive ketones (excluding diaryl/α,β-unsaturated/α-hetero) is 3. The van der Waals surface area contributed by atoms with Gasteiger partial charge in [-0.25, -0.2) is 0 Å². The van der Waals surface area contributed by atoms with E-state index in [9.17, 15) is 14.4 Å². The fraction of sp³-hybridized carbons (Fsp3) is 0.0952. The quantitative estimate of drug-likeness (QED) is 0.526. The highest BCUT2D eigenvalue weighted by atomic mass is 35.5. The van der Waals surface area contributed by atoms with Crippen LogP contribution in [0.2, 0.25) is 0 Å². The summed E-state index contributed by atoms with van der Waals surface area (Å²) in [4.78, 5) is 38.1. The van der Waals surface area contributed by atoms with Gasteiger partial charge in [-0.2, -0.15) is 0 Å². The Labute approximate surface area is 186 Å². The molecule has 0 N–H and O–H groups in total. The van der Waals surface area contributed by atoms with Crippen LogP contribution in [0.1, 0.15) is 20.7 Å². The summed E-state index contributed by atoms with van der Waals surface area (Å²) in [5, 5.41) is -1.91. The van der Waals surface area contributed by atoms with Crippen molar-refractivity contribution in [1.29, 1.82) is 0 Å². The lowest BCUT2D eigenvalue weighted by molar-refractivity contribution is -0.111. The van der Waals surface area contributed by atoms with Crippen molar-refractivity contribution >= 4 is 63.8 Å². The highest BCUT2D eigenvalue weighted by Crippen LogP contribution is 2.47. The third-order valence-electron chi connectivity index (χ3n) is 4.27. The molecule has 0 amide bonds. The van der Waals surface area contributed by atoms with Gasteiger partial charge in [-0.1, -0.05) is 107 Å². The molecule has 2 aromatic rings. The van der Waals surface area contributed by atoms with Gasteiger partial charge in [-0.15, -0.1) is 0 Å². The first-order valence-corrected chi connectivity index (χ1v) is 9.80. The summed E-state index contributed by atoms with van der Waals surface area (Å²) >= 11 is 24.7. The topological polar surface area (TPSA) is 60.4 Å². The fourth-order valence-electron chi connectivity index (χ4n) is 2.77. The van der Waals surface area contributed by atoms with Crippen LogP contribution in [-0.4, -0.2) is 29.6 Å². The van der Waals surface area contributed by atoms with E-state index in [0.29, 0.717) is 5.56 Å². The highest BCUT2D eigenvalue weighted by Gasteiger charge is 2.53. The lowest BCUT2D eigenvalue weighted by Gasteiger charge is -2.35.